The van der Waals surface area contributed by atoms with Crippen molar-refractivity contribution in [1.29, 1.82) is 0 Å². The monoisotopic (exact) mass is 294 g/mol. The number of rotatable bonds is 7. The van der Waals surface area contributed by atoms with E-state index >= 15 is 0 Å². The molecule has 0 radical (unpaired) electrons. The van der Waals surface area contributed by atoms with Gasteiger partial charge in [-0.2, -0.15) is 0 Å². The van der Waals surface area contributed by atoms with E-state index in [1.165, 1.54) is 12.3 Å². The number of anilines is 1. The van der Waals surface area contributed by atoms with Crippen LogP contribution in [0.1, 0.15) is 32.1 Å². The zero-order valence-corrected chi connectivity index (χ0v) is 12.0. The summed E-state index contributed by atoms with van der Waals surface area (Å²) in [5, 5.41) is 13.7. The molecule has 0 saturated heterocycles. The Labute approximate surface area is 124 Å². The minimum atomic E-state index is -0.506. The second-order valence-electron chi connectivity index (χ2n) is 5.35. The average molecular weight is 294 g/mol. The summed E-state index contributed by atoms with van der Waals surface area (Å²) in [6.45, 7) is 1.47. The Morgan fingerprint density at radius 3 is 2.76 bits per heavy atom. The number of hydrogen-bond acceptors (Lipinski definition) is 6. The lowest BCUT2D eigenvalue weighted by molar-refractivity contribution is -0.389. The molecule has 3 N–H and O–H groups in total. The lowest BCUT2D eigenvalue weighted by Crippen LogP contribution is -2.30. The molecular formula is C14H22N4O3. The molecule has 1 fully saturated rings. The Morgan fingerprint density at radius 2 is 2.14 bits per heavy atom. The van der Waals surface area contributed by atoms with Gasteiger partial charge in [-0.25, -0.2) is 0 Å². The lowest BCUT2D eigenvalue weighted by Gasteiger charge is -2.26. The van der Waals surface area contributed by atoms with Crippen molar-refractivity contribution in [2.45, 2.75) is 44.2 Å². The van der Waals surface area contributed by atoms with Crippen LogP contribution in [0.25, 0.3) is 0 Å². The van der Waals surface area contributed by atoms with Gasteiger partial charge in [0.2, 0.25) is 0 Å². The van der Waals surface area contributed by atoms with Crippen LogP contribution in [0.2, 0.25) is 0 Å². The third-order valence-electron chi connectivity index (χ3n) is 3.66. The third-order valence-corrected chi connectivity index (χ3v) is 3.66. The van der Waals surface area contributed by atoms with Gasteiger partial charge >= 0.3 is 5.82 Å². The van der Waals surface area contributed by atoms with Crippen molar-refractivity contribution in [3.05, 3.63) is 28.4 Å². The number of nitrogens with zero attached hydrogens (tertiary/aromatic N) is 2. The van der Waals surface area contributed by atoms with E-state index in [-0.39, 0.29) is 5.82 Å². The van der Waals surface area contributed by atoms with E-state index in [1.807, 2.05) is 0 Å². The standard InChI is InChI=1S/C14H22N4O3/c15-11-2-5-13(6-3-11)21-9-1-8-16-12-4-7-14(17-10-12)18(19)20/h4,7,10-11,13,16H,1-3,5-6,8-9,15H2. The molecule has 1 heterocycles. The first-order valence-corrected chi connectivity index (χ1v) is 7.36. The molecule has 7 nitrogen and oxygen atoms in total. The first kappa shape index (κ1) is 15.7. The van der Waals surface area contributed by atoms with Crippen LogP contribution in [0.4, 0.5) is 11.5 Å². The van der Waals surface area contributed by atoms with Crippen LogP contribution < -0.4 is 11.1 Å². The van der Waals surface area contributed by atoms with Crippen LogP contribution in [0, 0.1) is 10.1 Å². The normalized spacial score (nSPS) is 22.0. The Bertz CT molecular complexity index is 444. The van der Waals surface area contributed by atoms with Gasteiger partial charge in [-0.1, -0.05) is 0 Å². The van der Waals surface area contributed by atoms with Gasteiger partial charge in [0.15, 0.2) is 6.20 Å². The highest BCUT2D eigenvalue weighted by Gasteiger charge is 2.18. The first-order chi connectivity index (χ1) is 10.1. The Balaban J connectivity index is 1.58. The summed E-state index contributed by atoms with van der Waals surface area (Å²) in [4.78, 5) is 13.7. The molecule has 1 aliphatic rings. The topological polar surface area (TPSA) is 103 Å². The van der Waals surface area contributed by atoms with Crippen LogP contribution in [0.5, 0.6) is 0 Å². The van der Waals surface area contributed by atoms with Gasteiger partial charge in [-0.05, 0) is 48.1 Å². The number of aromatic nitrogens is 1. The molecule has 0 aliphatic heterocycles. The number of nitrogens with two attached hydrogens (primary N) is 1. The van der Waals surface area contributed by atoms with Gasteiger partial charge in [0.25, 0.3) is 0 Å². The van der Waals surface area contributed by atoms with E-state index < -0.39 is 4.92 Å². The maximum atomic E-state index is 10.5. The van der Waals surface area contributed by atoms with E-state index in [4.69, 9.17) is 10.5 Å². The van der Waals surface area contributed by atoms with Gasteiger partial charge in [-0.15, -0.1) is 0 Å². The molecular weight excluding hydrogens is 272 g/mol. The van der Waals surface area contributed by atoms with Crippen molar-refractivity contribution in [1.82, 2.24) is 4.98 Å². The van der Waals surface area contributed by atoms with Crippen molar-refractivity contribution in [2.24, 2.45) is 5.73 Å². The van der Waals surface area contributed by atoms with Crippen LogP contribution in [-0.2, 0) is 4.74 Å². The summed E-state index contributed by atoms with van der Waals surface area (Å²) in [6.07, 6.45) is 6.93. The smallest absolute Gasteiger partial charge is 0.363 e. The van der Waals surface area contributed by atoms with Crippen LogP contribution >= 0.6 is 0 Å². The second kappa shape index (κ2) is 7.90. The van der Waals surface area contributed by atoms with Crippen molar-refractivity contribution in [3.8, 4) is 0 Å². The molecule has 0 spiro atoms. The van der Waals surface area contributed by atoms with Crippen molar-refractivity contribution in [3.63, 3.8) is 0 Å². The number of nitrogens with one attached hydrogen (secondary N) is 1. The predicted octanol–water partition coefficient (Wildman–Crippen LogP) is 2.08. The van der Waals surface area contributed by atoms with E-state index in [2.05, 4.69) is 10.3 Å². The lowest BCUT2D eigenvalue weighted by atomic mass is 9.94. The van der Waals surface area contributed by atoms with Crippen LogP contribution in [0.3, 0.4) is 0 Å². The third kappa shape index (κ3) is 5.28. The van der Waals surface area contributed by atoms with E-state index in [9.17, 15) is 10.1 Å². The van der Waals surface area contributed by atoms with Crippen molar-refractivity contribution >= 4 is 11.5 Å². The van der Waals surface area contributed by atoms with Gasteiger partial charge in [-0.3, -0.25) is 0 Å². The average Bonchev–Trinajstić information content (AvgIpc) is 2.49. The summed E-state index contributed by atoms with van der Waals surface area (Å²) in [5.74, 6) is -0.139. The number of ether oxygens (including phenoxy) is 1. The van der Waals surface area contributed by atoms with E-state index in [1.54, 1.807) is 6.07 Å². The fourth-order valence-electron chi connectivity index (χ4n) is 2.41. The molecule has 2 rings (SSSR count). The quantitative estimate of drug-likeness (QED) is 0.453. The Morgan fingerprint density at radius 1 is 1.38 bits per heavy atom. The van der Waals surface area contributed by atoms with Gasteiger partial charge < -0.3 is 25.9 Å². The first-order valence-electron chi connectivity index (χ1n) is 7.36. The molecule has 0 unspecified atom stereocenters. The van der Waals surface area contributed by atoms with Gasteiger partial charge in [0.1, 0.15) is 0 Å². The number of nitro groups is 1. The molecule has 0 bridgehead atoms. The van der Waals surface area contributed by atoms with Crippen molar-refractivity contribution in [2.75, 3.05) is 18.5 Å². The summed E-state index contributed by atoms with van der Waals surface area (Å²) < 4.78 is 5.82. The van der Waals surface area contributed by atoms with Crippen molar-refractivity contribution < 1.29 is 9.66 Å². The predicted molar refractivity (Wildman–Crippen MR) is 80.2 cm³/mol. The van der Waals surface area contributed by atoms with E-state index in [0.29, 0.717) is 18.8 Å². The second-order valence-corrected chi connectivity index (χ2v) is 5.35. The minimum absolute atomic E-state index is 0.139. The maximum Gasteiger partial charge on any atom is 0.363 e. The molecule has 1 aromatic heterocycles. The zero-order valence-electron chi connectivity index (χ0n) is 12.0. The summed E-state index contributed by atoms with van der Waals surface area (Å²) in [7, 11) is 0. The SMILES string of the molecule is NC1CCC(OCCCNc2ccc([N+](=O)[O-])nc2)CC1. The number of hydrogen-bond donors (Lipinski definition) is 2. The largest absolute Gasteiger partial charge is 0.382 e. The molecule has 1 saturated carbocycles. The minimum Gasteiger partial charge on any atom is -0.382 e. The summed E-state index contributed by atoms with van der Waals surface area (Å²) in [6, 6.07) is 3.40. The fraction of sp³-hybridized carbons (Fsp3) is 0.643. The molecule has 1 aliphatic carbocycles. The highest BCUT2D eigenvalue weighted by atomic mass is 16.6. The van der Waals surface area contributed by atoms with Crippen LogP contribution in [0.15, 0.2) is 18.3 Å². The molecule has 116 valence electrons. The molecule has 7 heteroatoms. The highest BCUT2D eigenvalue weighted by molar-refractivity contribution is 5.43. The molecule has 0 atom stereocenters. The fourth-order valence-corrected chi connectivity index (χ4v) is 2.41. The molecule has 0 aromatic carbocycles. The van der Waals surface area contributed by atoms with Gasteiger partial charge in [0, 0.05) is 25.3 Å². The van der Waals surface area contributed by atoms with E-state index in [0.717, 1.165) is 44.3 Å². The molecule has 21 heavy (non-hydrogen) atoms. The van der Waals surface area contributed by atoms with Gasteiger partial charge in [0.05, 0.1) is 11.8 Å². The maximum absolute atomic E-state index is 10.5. The Hall–Kier alpha value is -1.73. The van der Waals surface area contributed by atoms with Crippen LogP contribution in [-0.4, -0.2) is 35.2 Å². The molecule has 1 aromatic rings. The highest BCUT2D eigenvalue weighted by Crippen LogP contribution is 2.19. The zero-order chi connectivity index (χ0) is 15.1. The summed E-state index contributed by atoms with van der Waals surface area (Å²) >= 11 is 0. The number of pyridine rings is 1. The molecule has 0 amide bonds. The Kier molecular flexibility index (Phi) is 5.89. The summed E-state index contributed by atoms with van der Waals surface area (Å²) in [5.41, 5.74) is 6.64.